The molecule has 1 aromatic rings. The molecule has 20 heavy (non-hydrogen) atoms. The first-order valence-corrected chi connectivity index (χ1v) is 5.98. The lowest BCUT2D eigenvalue weighted by Crippen LogP contribution is -2.37. The summed E-state index contributed by atoms with van der Waals surface area (Å²) in [5.41, 5.74) is -0.360. The van der Waals surface area contributed by atoms with E-state index in [1.807, 2.05) is 0 Å². The Morgan fingerprint density at radius 1 is 1.60 bits per heavy atom. The summed E-state index contributed by atoms with van der Waals surface area (Å²) in [4.78, 5) is 20.9. The van der Waals surface area contributed by atoms with Crippen LogP contribution in [0.1, 0.15) is 13.3 Å². The smallest absolute Gasteiger partial charge is 0.320 e. The molecule has 0 radical (unpaired) electrons. The zero-order valence-corrected chi connectivity index (χ0v) is 10.8. The lowest BCUT2D eigenvalue weighted by molar-refractivity contribution is -0.385. The van der Waals surface area contributed by atoms with E-state index < -0.39 is 22.8 Å². The molecule has 1 aromatic carbocycles. The normalized spacial score (nSPS) is 11.9. The van der Waals surface area contributed by atoms with Gasteiger partial charge in [-0.3, -0.25) is 14.9 Å². The van der Waals surface area contributed by atoms with Crippen molar-refractivity contribution in [2.24, 2.45) is 0 Å². The molecule has 0 saturated heterocycles. The quantitative estimate of drug-likeness (QED) is 0.555. The highest BCUT2D eigenvalue weighted by Gasteiger charge is 2.19. The van der Waals surface area contributed by atoms with Crippen LogP contribution in [0.4, 0.5) is 10.1 Å². The van der Waals surface area contributed by atoms with E-state index in [1.165, 1.54) is 0 Å². The molecule has 0 fully saturated rings. The van der Waals surface area contributed by atoms with Crippen molar-refractivity contribution in [2.75, 3.05) is 13.2 Å². The summed E-state index contributed by atoms with van der Waals surface area (Å²) < 4.78 is 18.2. The number of rotatable bonds is 8. The van der Waals surface area contributed by atoms with Crippen LogP contribution in [0.3, 0.4) is 0 Å². The van der Waals surface area contributed by atoms with E-state index in [0.717, 1.165) is 18.2 Å². The van der Waals surface area contributed by atoms with Gasteiger partial charge in [-0.25, -0.2) is 4.39 Å². The Labute approximate surface area is 114 Å². The van der Waals surface area contributed by atoms with Gasteiger partial charge in [-0.2, -0.15) is 0 Å². The molecule has 1 unspecified atom stereocenters. The number of carbonyl (C=O) groups is 1. The van der Waals surface area contributed by atoms with E-state index >= 15 is 0 Å². The maximum atomic E-state index is 13.0. The van der Waals surface area contributed by atoms with Crippen LogP contribution in [0, 0.1) is 15.9 Å². The predicted molar refractivity (Wildman–Crippen MR) is 68.3 cm³/mol. The van der Waals surface area contributed by atoms with Gasteiger partial charge in [0.25, 0.3) is 0 Å². The highest BCUT2D eigenvalue weighted by atomic mass is 19.1. The number of nitro benzene ring substituents is 1. The van der Waals surface area contributed by atoms with Crippen LogP contribution in [0.25, 0.3) is 0 Å². The molecule has 0 aliphatic rings. The van der Waals surface area contributed by atoms with Crippen LogP contribution in [0.2, 0.25) is 0 Å². The molecule has 0 aromatic heterocycles. The SMILES string of the molecule is CCNC(CCOc1cc(F)ccc1[N+](=O)[O-])C(=O)O. The zero-order chi connectivity index (χ0) is 15.1. The molecule has 0 heterocycles. The van der Waals surface area contributed by atoms with Crippen LogP contribution in [0.5, 0.6) is 5.75 Å². The summed E-state index contributed by atoms with van der Waals surface area (Å²) in [6.07, 6.45) is 0.108. The fourth-order valence-electron chi connectivity index (χ4n) is 1.60. The molecule has 0 aliphatic heterocycles. The fraction of sp³-hybridized carbons (Fsp3) is 0.417. The average molecular weight is 286 g/mol. The van der Waals surface area contributed by atoms with Crippen molar-refractivity contribution in [3.63, 3.8) is 0 Å². The average Bonchev–Trinajstić information content (AvgIpc) is 2.37. The monoisotopic (exact) mass is 286 g/mol. The Morgan fingerprint density at radius 3 is 2.85 bits per heavy atom. The highest BCUT2D eigenvalue weighted by Crippen LogP contribution is 2.27. The van der Waals surface area contributed by atoms with Crippen molar-refractivity contribution < 1.29 is 24.0 Å². The summed E-state index contributed by atoms with van der Waals surface area (Å²) in [6.45, 7) is 2.15. The molecule has 0 saturated carbocycles. The van der Waals surface area contributed by atoms with E-state index in [0.29, 0.717) is 6.54 Å². The van der Waals surface area contributed by atoms with Crippen molar-refractivity contribution in [3.8, 4) is 5.75 Å². The third-order valence-electron chi connectivity index (χ3n) is 2.53. The number of hydrogen-bond acceptors (Lipinski definition) is 5. The second kappa shape index (κ2) is 7.39. The molecule has 110 valence electrons. The predicted octanol–water partition coefficient (Wildman–Crippen LogP) is 1.57. The Hall–Kier alpha value is -2.22. The number of carboxylic acid groups (broad SMARTS) is 1. The molecule has 0 amide bonds. The van der Waals surface area contributed by atoms with Crippen molar-refractivity contribution in [1.82, 2.24) is 5.32 Å². The number of nitrogens with zero attached hydrogens (tertiary/aromatic N) is 1. The summed E-state index contributed by atoms with van der Waals surface area (Å²) >= 11 is 0. The second-order valence-corrected chi connectivity index (χ2v) is 3.95. The number of likely N-dealkylation sites (N-methyl/N-ethyl adjacent to an activating group) is 1. The molecule has 1 atom stereocenters. The van der Waals surface area contributed by atoms with Crippen molar-refractivity contribution in [2.45, 2.75) is 19.4 Å². The standard InChI is InChI=1S/C12H15FN2O5/c1-2-14-9(12(16)17)5-6-20-11-7-8(13)3-4-10(11)15(18)19/h3-4,7,9,14H,2,5-6H2,1H3,(H,16,17). The minimum Gasteiger partial charge on any atom is -0.487 e. The van der Waals surface area contributed by atoms with Gasteiger partial charge >= 0.3 is 11.7 Å². The number of benzene rings is 1. The number of hydrogen-bond donors (Lipinski definition) is 2. The molecule has 8 heteroatoms. The van der Waals surface area contributed by atoms with Crippen molar-refractivity contribution >= 4 is 11.7 Å². The minimum atomic E-state index is -1.04. The lowest BCUT2D eigenvalue weighted by Gasteiger charge is -2.13. The highest BCUT2D eigenvalue weighted by molar-refractivity contribution is 5.73. The molecule has 7 nitrogen and oxygen atoms in total. The van der Waals surface area contributed by atoms with Gasteiger partial charge in [0, 0.05) is 18.6 Å². The lowest BCUT2D eigenvalue weighted by atomic mass is 10.2. The van der Waals surface area contributed by atoms with Crippen LogP contribution >= 0.6 is 0 Å². The number of aliphatic carboxylic acids is 1. The number of nitro groups is 1. The third kappa shape index (κ3) is 4.47. The van der Waals surface area contributed by atoms with Gasteiger partial charge in [-0.05, 0) is 12.6 Å². The van der Waals surface area contributed by atoms with Gasteiger partial charge in [-0.15, -0.1) is 0 Å². The maximum Gasteiger partial charge on any atom is 0.320 e. The molecule has 0 spiro atoms. The van der Waals surface area contributed by atoms with Gasteiger partial charge in [0.15, 0.2) is 5.75 Å². The Bertz CT molecular complexity index is 495. The number of nitrogens with one attached hydrogen (secondary N) is 1. The summed E-state index contributed by atoms with van der Waals surface area (Å²) in [5.74, 6) is -1.91. The van der Waals surface area contributed by atoms with E-state index in [4.69, 9.17) is 9.84 Å². The van der Waals surface area contributed by atoms with Gasteiger partial charge in [-0.1, -0.05) is 6.92 Å². The molecule has 0 aliphatic carbocycles. The fourth-order valence-corrected chi connectivity index (χ4v) is 1.60. The van der Waals surface area contributed by atoms with Crippen molar-refractivity contribution in [1.29, 1.82) is 0 Å². The molecular weight excluding hydrogens is 271 g/mol. The van der Waals surface area contributed by atoms with Crippen molar-refractivity contribution in [3.05, 3.63) is 34.1 Å². The Balaban J connectivity index is 2.67. The van der Waals surface area contributed by atoms with Crippen LogP contribution in [-0.2, 0) is 4.79 Å². The summed E-state index contributed by atoms with van der Waals surface area (Å²) in [7, 11) is 0. The first-order chi connectivity index (χ1) is 9.45. The topological polar surface area (TPSA) is 102 Å². The van der Waals surface area contributed by atoms with Gasteiger partial charge in [0.05, 0.1) is 11.5 Å². The van der Waals surface area contributed by atoms with E-state index in [9.17, 15) is 19.3 Å². The Morgan fingerprint density at radius 2 is 2.30 bits per heavy atom. The first-order valence-electron chi connectivity index (χ1n) is 5.98. The number of ether oxygens (including phenoxy) is 1. The van der Waals surface area contributed by atoms with Crippen LogP contribution in [-0.4, -0.2) is 35.2 Å². The summed E-state index contributed by atoms with van der Waals surface area (Å²) in [5, 5.41) is 22.4. The van der Waals surface area contributed by atoms with Crippen LogP contribution < -0.4 is 10.1 Å². The van der Waals surface area contributed by atoms with E-state index in [-0.39, 0.29) is 24.5 Å². The molecule has 2 N–H and O–H groups in total. The largest absolute Gasteiger partial charge is 0.487 e. The van der Waals surface area contributed by atoms with E-state index in [1.54, 1.807) is 6.92 Å². The first kappa shape index (κ1) is 15.8. The minimum absolute atomic E-state index is 0.0751. The zero-order valence-electron chi connectivity index (χ0n) is 10.8. The van der Waals surface area contributed by atoms with E-state index in [2.05, 4.69) is 5.32 Å². The summed E-state index contributed by atoms with van der Waals surface area (Å²) in [6, 6.07) is 2.06. The Kier molecular flexibility index (Phi) is 5.85. The number of carboxylic acids is 1. The molecule has 0 bridgehead atoms. The second-order valence-electron chi connectivity index (χ2n) is 3.95. The van der Waals surface area contributed by atoms with Gasteiger partial charge in [0.2, 0.25) is 0 Å². The third-order valence-corrected chi connectivity index (χ3v) is 2.53. The van der Waals surface area contributed by atoms with Gasteiger partial charge < -0.3 is 15.2 Å². The molecular formula is C12H15FN2O5. The van der Waals surface area contributed by atoms with Gasteiger partial charge in [0.1, 0.15) is 11.9 Å². The molecule has 1 rings (SSSR count). The number of halogens is 1. The maximum absolute atomic E-state index is 13.0. The van der Waals surface area contributed by atoms with Crippen LogP contribution in [0.15, 0.2) is 18.2 Å².